The third kappa shape index (κ3) is 4.44. The van der Waals surface area contributed by atoms with Crippen LogP contribution in [0.1, 0.15) is 62.0 Å². The molecule has 5 rings (SSSR count). The highest BCUT2D eigenvalue weighted by atomic mass is 16.5. The predicted octanol–water partition coefficient (Wildman–Crippen LogP) is 8.53. The van der Waals surface area contributed by atoms with E-state index in [9.17, 15) is 9.90 Å². The summed E-state index contributed by atoms with van der Waals surface area (Å²) >= 11 is 0. The molecule has 0 bridgehead atoms. The van der Waals surface area contributed by atoms with E-state index in [-0.39, 0.29) is 22.5 Å². The van der Waals surface area contributed by atoms with Gasteiger partial charge in [0.15, 0.2) is 0 Å². The van der Waals surface area contributed by atoms with Crippen molar-refractivity contribution >= 4 is 5.97 Å². The molecule has 4 aromatic rings. The van der Waals surface area contributed by atoms with Crippen molar-refractivity contribution in [3.8, 4) is 39.1 Å². The number of ether oxygens (including phenoxy) is 1. The highest BCUT2D eigenvalue weighted by Gasteiger charge is 2.37. The molecule has 0 radical (unpaired) electrons. The molecule has 0 saturated heterocycles. The number of benzene rings is 4. The smallest absolute Gasteiger partial charge is 0.337 e. The Hall–Kier alpha value is -3.85. The Balaban J connectivity index is 1.72. The molecule has 0 spiro atoms. The van der Waals surface area contributed by atoms with Gasteiger partial charge in [0.1, 0.15) is 5.75 Å². The zero-order chi connectivity index (χ0) is 26.4. The topological polar surface area (TPSA) is 46.5 Å². The fourth-order valence-corrected chi connectivity index (χ4v) is 5.62. The molecule has 0 heterocycles. The number of aromatic hydroxyl groups is 1. The second-order valence-electron chi connectivity index (χ2n) is 11.3. The quantitative estimate of drug-likeness (QED) is 0.292. The minimum Gasteiger partial charge on any atom is -0.507 e. The molecule has 0 fully saturated rings. The number of esters is 1. The van der Waals surface area contributed by atoms with E-state index in [2.05, 4.69) is 64.1 Å². The second kappa shape index (κ2) is 9.23. The van der Waals surface area contributed by atoms with Crippen LogP contribution >= 0.6 is 0 Å². The fraction of sp³-hybridized carbons (Fsp3) is 0.265. The molecule has 0 atom stereocenters. The molecule has 3 heteroatoms. The van der Waals surface area contributed by atoms with Crippen LogP contribution in [0.5, 0.6) is 5.75 Å². The summed E-state index contributed by atoms with van der Waals surface area (Å²) in [4.78, 5) is 11.9. The van der Waals surface area contributed by atoms with Gasteiger partial charge in [-0.3, -0.25) is 0 Å². The van der Waals surface area contributed by atoms with Crippen LogP contribution < -0.4 is 0 Å². The van der Waals surface area contributed by atoms with Crippen molar-refractivity contribution in [3.63, 3.8) is 0 Å². The monoisotopic (exact) mass is 490 g/mol. The molecular weight excluding hydrogens is 456 g/mol. The first-order chi connectivity index (χ1) is 17.6. The van der Waals surface area contributed by atoms with Crippen molar-refractivity contribution in [2.75, 3.05) is 7.11 Å². The normalized spacial score (nSPS) is 15.6. The maximum Gasteiger partial charge on any atom is 0.337 e. The van der Waals surface area contributed by atoms with Crippen molar-refractivity contribution in [3.05, 3.63) is 102 Å². The Bertz CT molecular complexity index is 1460. The number of carbonyl (C=O) groups excluding carboxylic acids is 1. The Morgan fingerprint density at radius 2 is 1.27 bits per heavy atom. The molecule has 0 amide bonds. The summed E-state index contributed by atoms with van der Waals surface area (Å²) in [7, 11) is 1.37. The van der Waals surface area contributed by atoms with Gasteiger partial charge in [-0.05, 0) is 75.3 Å². The van der Waals surface area contributed by atoms with Gasteiger partial charge in [0.05, 0.1) is 12.7 Å². The van der Waals surface area contributed by atoms with Gasteiger partial charge in [0.25, 0.3) is 0 Å². The number of phenols is 1. The molecule has 3 nitrogen and oxygen atoms in total. The molecule has 1 N–H and O–H groups in total. The van der Waals surface area contributed by atoms with Gasteiger partial charge in [-0.25, -0.2) is 4.79 Å². The zero-order valence-corrected chi connectivity index (χ0v) is 22.3. The highest BCUT2D eigenvalue weighted by molar-refractivity contribution is 5.94. The standard InChI is InChI=1S/C34H34O3/c1-33(2)19-20-34(3,4)29-21-25(15-18-28(29)33)30-26(22-9-7-6-8-10-22)16-17-27(31(30)35)23-11-13-24(14-12-23)32(36)37-5/h6-18,21,35H,19-20H2,1-5H3. The van der Waals surface area contributed by atoms with Gasteiger partial charge < -0.3 is 9.84 Å². The van der Waals surface area contributed by atoms with Crippen molar-refractivity contribution in [1.82, 2.24) is 0 Å². The number of hydrogen-bond donors (Lipinski definition) is 1. The largest absolute Gasteiger partial charge is 0.507 e. The minimum atomic E-state index is -0.379. The predicted molar refractivity (Wildman–Crippen MR) is 151 cm³/mol. The molecule has 0 saturated carbocycles. The van der Waals surface area contributed by atoms with Crippen molar-refractivity contribution in [2.45, 2.75) is 51.4 Å². The van der Waals surface area contributed by atoms with Crippen molar-refractivity contribution < 1.29 is 14.6 Å². The van der Waals surface area contributed by atoms with Crippen LogP contribution in [0.2, 0.25) is 0 Å². The van der Waals surface area contributed by atoms with E-state index >= 15 is 0 Å². The molecule has 188 valence electrons. The molecule has 4 aromatic carbocycles. The summed E-state index contributed by atoms with van der Waals surface area (Å²) in [5, 5.41) is 11.8. The number of methoxy groups -OCH3 is 1. The van der Waals surface area contributed by atoms with E-state index in [0.29, 0.717) is 5.56 Å². The van der Waals surface area contributed by atoms with Crippen molar-refractivity contribution in [2.24, 2.45) is 0 Å². The third-order valence-electron chi connectivity index (χ3n) is 8.02. The van der Waals surface area contributed by atoms with Gasteiger partial charge in [0.2, 0.25) is 0 Å². The lowest BCUT2D eigenvalue weighted by Gasteiger charge is -2.42. The van der Waals surface area contributed by atoms with E-state index in [1.165, 1.54) is 18.2 Å². The Morgan fingerprint density at radius 1 is 0.703 bits per heavy atom. The average molecular weight is 491 g/mol. The summed E-state index contributed by atoms with van der Waals surface area (Å²) in [6.45, 7) is 9.29. The first kappa shape index (κ1) is 24.8. The lowest BCUT2D eigenvalue weighted by atomic mass is 9.63. The highest BCUT2D eigenvalue weighted by Crippen LogP contribution is 2.49. The van der Waals surface area contributed by atoms with Crippen LogP contribution in [0.3, 0.4) is 0 Å². The van der Waals surface area contributed by atoms with Gasteiger partial charge in [-0.2, -0.15) is 0 Å². The van der Waals surface area contributed by atoms with Gasteiger partial charge in [-0.1, -0.05) is 94.4 Å². The SMILES string of the molecule is COC(=O)c1ccc(-c2ccc(-c3ccccc3)c(-c3ccc4c(c3)C(C)(C)CCC4(C)C)c2O)cc1. The summed E-state index contributed by atoms with van der Waals surface area (Å²) in [6, 6.07) is 28.1. The molecule has 0 aromatic heterocycles. The van der Waals surface area contributed by atoms with Gasteiger partial charge >= 0.3 is 5.97 Å². The van der Waals surface area contributed by atoms with Crippen LogP contribution in [0.4, 0.5) is 0 Å². The Labute approximate surface area is 219 Å². The van der Waals surface area contributed by atoms with Crippen LogP contribution in [0, 0.1) is 0 Å². The Morgan fingerprint density at radius 3 is 1.92 bits per heavy atom. The summed E-state index contributed by atoms with van der Waals surface area (Å²) in [6.07, 6.45) is 2.28. The third-order valence-corrected chi connectivity index (χ3v) is 8.02. The number of carbonyl (C=O) groups is 1. The summed E-state index contributed by atoms with van der Waals surface area (Å²) in [5.41, 5.74) is 8.84. The maximum atomic E-state index is 11.9. The molecule has 1 aliphatic rings. The lowest BCUT2D eigenvalue weighted by Crippen LogP contribution is -2.33. The minimum absolute atomic E-state index is 0.0602. The van der Waals surface area contributed by atoms with Crippen LogP contribution in [0.15, 0.2) is 84.9 Å². The van der Waals surface area contributed by atoms with E-state index in [4.69, 9.17) is 4.74 Å². The molecule has 37 heavy (non-hydrogen) atoms. The number of hydrogen-bond acceptors (Lipinski definition) is 3. The lowest BCUT2D eigenvalue weighted by molar-refractivity contribution is 0.0600. The first-order valence-electron chi connectivity index (χ1n) is 12.9. The molecule has 1 aliphatic carbocycles. The van der Waals surface area contributed by atoms with Crippen LogP contribution in [-0.4, -0.2) is 18.2 Å². The number of fused-ring (bicyclic) bond motifs is 1. The molecule has 0 unspecified atom stereocenters. The average Bonchev–Trinajstić information content (AvgIpc) is 2.91. The van der Waals surface area contributed by atoms with Gasteiger partial charge in [-0.15, -0.1) is 0 Å². The zero-order valence-electron chi connectivity index (χ0n) is 22.3. The van der Waals surface area contributed by atoms with Crippen LogP contribution in [0.25, 0.3) is 33.4 Å². The first-order valence-corrected chi connectivity index (χ1v) is 12.9. The fourth-order valence-electron chi connectivity index (χ4n) is 5.62. The van der Waals surface area contributed by atoms with Gasteiger partial charge in [0, 0.05) is 11.1 Å². The summed E-state index contributed by atoms with van der Waals surface area (Å²) in [5.74, 6) is -0.143. The number of rotatable bonds is 4. The van der Waals surface area contributed by atoms with E-state index in [1.807, 2.05) is 36.4 Å². The number of phenolic OH excluding ortho intramolecular Hbond substituents is 1. The molecular formula is C34H34O3. The Kier molecular flexibility index (Phi) is 6.19. The van der Waals surface area contributed by atoms with E-state index < -0.39 is 0 Å². The maximum absolute atomic E-state index is 11.9. The van der Waals surface area contributed by atoms with E-state index in [1.54, 1.807) is 12.1 Å². The van der Waals surface area contributed by atoms with Crippen LogP contribution in [-0.2, 0) is 15.6 Å². The van der Waals surface area contributed by atoms with Crippen molar-refractivity contribution in [1.29, 1.82) is 0 Å². The molecule has 0 aliphatic heterocycles. The second-order valence-corrected chi connectivity index (χ2v) is 11.3. The summed E-state index contributed by atoms with van der Waals surface area (Å²) < 4.78 is 4.84. The van der Waals surface area contributed by atoms with E-state index in [0.717, 1.165) is 46.2 Å².